The predicted molar refractivity (Wildman–Crippen MR) is 61.2 cm³/mol. The third-order valence-electron chi connectivity index (χ3n) is 2.79. The number of nitrogens with one attached hydrogen (secondary N) is 1. The zero-order valence-corrected chi connectivity index (χ0v) is 10.5. The van der Waals surface area contributed by atoms with Crippen molar-refractivity contribution >= 4 is 16.0 Å². The van der Waals surface area contributed by atoms with E-state index < -0.39 is 38.1 Å². The molecule has 0 saturated heterocycles. The summed E-state index contributed by atoms with van der Waals surface area (Å²) in [6.07, 6.45) is 1.77. The first-order chi connectivity index (χ1) is 8.81. The Morgan fingerprint density at radius 2 is 2.00 bits per heavy atom. The standard InChI is InChI=1S/C11H11F2NO4S/c12-8-3-7(11(15)16)4-9(10(8)13)19(17,18)14-5-6-1-2-6/h3-4,6,14H,1-2,5H2,(H,15,16). The molecule has 19 heavy (non-hydrogen) atoms. The lowest BCUT2D eigenvalue weighted by Crippen LogP contribution is -2.27. The Morgan fingerprint density at radius 3 is 2.53 bits per heavy atom. The van der Waals surface area contributed by atoms with Gasteiger partial charge in [0.1, 0.15) is 4.90 Å². The summed E-state index contributed by atoms with van der Waals surface area (Å²) in [5.74, 6) is -4.40. The normalized spacial score (nSPS) is 15.5. The number of halogens is 2. The zero-order chi connectivity index (χ0) is 14.2. The minimum absolute atomic E-state index is 0.140. The van der Waals surface area contributed by atoms with E-state index in [4.69, 9.17) is 5.11 Å². The Labute approximate surface area is 108 Å². The van der Waals surface area contributed by atoms with Crippen molar-refractivity contribution in [3.63, 3.8) is 0 Å². The molecule has 0 unspecified atom stereocenters. The van der Waals surface area contributed by atoms with Crippen LogP contribution in [-0.4, -0.2) is 26.0 Å². The van der Waals surface area contributed by atoms with Crippen LogP contribution in [-0.2, 0) is 10.0 Å². The summed E-state index contributed by atoms with van der Waals surface area (Å²) in [6, 6.07) is 1.05. The van der Waals surface area contributed by atoms with E-state index in [1.54, 1.807) is 0 Å². The molecule has 104 valence electrons. The van der Waals surface area contributed by atoms with Gasteiger partial charge in [0, 0.05) is 6.54 Å². The number of aromatic carboxylic acids is 1. The van der Waals surface area contributed by atoms with Crippen LogP contribution < -0.4 is 4.72 Å². The van der Waals surface area contributed by atoms with Crippen LogP contribution >= 0.6 is 0 Å². The fraction of sp³-hybridized carbons (Fsp3) is 0.364. The molecule has 0 aliphatic heterocycles. The summed E-state index contributed by atoms with van der Waals surface area (Å²) in [5.41, 5.74) is -0.620. The molecule has 1 fully saturated rings. The smallest absolute Gasteiger partial charge is 0.335 e. The van der Waals surface area contributed by atoms with Gasteiger partial charge in [0.2, 0.25) is 10.0 Å². The summed E-state index contributed by atoms with van der Waals surface area (Å²) in [6.45, 7) is 0.140. The molecule has 0 spiro atoms. The van der Waals surface area contributed by atoms with E-state index in [9.17, 15) is 22.0 Å². The number of sulfonamides is 1. The van der Waals surface area contributed by atoms with E-state index in [0.717, 1.165) is 12.8 Å². The first-order valence-corrected chi connectivity index (χ1v) is 7.01. The highest BCUT2D eigenvalue weighted by molar-refractivity contribution is 7.89. The van der Waals surface area contributed by atoms with E-state index in [1.165, 1.54) is 0 Å². The molecule has 2 N–H and O–H groups in total. The van der Waals surface area contributed by atoms with Crippen LogP contribution in [0.15, 0.2) is 17.0 Å². The van der Waals surface area contributed by atoms with Crippen LogP contribution in [0.2, 0.25) is 0 Å². The van der Waals surface area contributed by atoms with Crippen molar-refractivity contribution < 1.29 is 27.1 Å². The quantitative estimate of drug-likeness (QED) is 0.857. The first-order valence-electron chi connectivity index (χ1n) is 5.53. The maximum atomic E-state index is 13.5. The van der Waals surface area contributed by atoms with Crippen molar-refractivity contribution in [3.8, 4) is 0 Å². The first kappa shape index (κ1) is 13.9. The number of carboxylic acids is 1. The number of benzene rings is 1. The number of rotatable bonds is 5. The van der Waals surface area contributed by atoms with Crippen molar-refractivity contribution in [1.82, 2.24) is 4.72 Å². The third kappa shape index (κ3) is 3.07. The molecular formula is C11H11F2NO4S. The molecule has 5 nitrogen and oxygen atoms in total. The number of carbonyl (C=O) groups is 1. The number of carboxylic acid groups (broad SMARTS) is 1. The Bertz CT molecular complexity index is 626. The Balaban J connectivity index is 2.38. The average molecular weight is 291 g/mol. The maximum Gasteiger partial charge on any atom is 0.335 e. The van der Waals surface area contributed by atoms with Crippen LogP contribution in [0.25, 0.3) is 0 Å². The number of hydrogen-bond acceptors (Lipinski definition) is 3. The van der Waals surface area contributed by atoms with Crippen molar-refractivity contribution in [3.05, 3.63) is 29.3 Å². The topological polar surface area (TPSA) is 83.5 Å². The molecule has 8 heteroatoms. The van der Waals surface area contributed by atoms with Crippen molar-refractivity contribution in [1.29, 1.82) is 0 Å². The highest BCUT2D eigenvalue weighted by Gasteiger charge is 2.28. The maximum absolute atomic E-state index is 13.5. The fourth-order valence-corrected chi connectivity index (χ4v) is 2.74. The minimum atomic E-state index is -4.25. The molecule has 1 aliphatic rings. The van der Waals surface area contributed by atoms with Gasteiger partial charge >= 0.3 is 5.97 Å². The molecule has 0 bridgehead atoms. The van der Waals surface area contributed by atoms with Crippen LogP contribution in [0.5, 0.6) is 0 Å². The van der Waals surface area contributed by atoms with E-state index >= 15 is 0 Å². The summed E-state index contributed by atoms with van der Waals surface area (Å²) >= 11 is 0. The highest BCUT2D eigenvalue weighted by atomic mass is 32.2. The van der Waals surface area contributed by atoms with Gasteiger partial charge in [-0.15, -0.1) is 0 Å². The fourth-order valence-electron chi connectivity index (χ4n) is 1.51. The number of hydrogen-bond donors (Lipinski definition) is 2. The summed E-state index contributed by atoms with van der Waals surface area (Å²) in [7, 11) is -4.25. The molecule has 0 amide bonds. The van der Waals surface area contributed by atoms with E-state index in [0.29, 0.717) is 12.1 Å². The molecule has 0 aromatic heterocycles. The van der Waals surface area contributed by atoms with Gasteiger partial charge in [-0.05, 0) is 30.9 Å². The predicted octanol–water partition coefficient (Wildman–Crippen LogP) is 1.35. The van der Waals surface area contributed by atoms with E-state index in [1.807, 2.05) is 0 Å². The molecule has 1 aromatic rings. The van der Waals surface area contributed by atoms with E-state index in [-0.39, 0.29) is 12.5 Å². The molecule has 2 rings (SSSR count). The summed E-state index contributed by atoms with van der Waals surface area (Å²) < 4.78 is 52.5. The van der Waals surface area contributed by atoms with Gasteiger partial charge in [-0.25, -0.2) is 26.7 Å². The second-order valence-corrected chi connectivity index (χ2v) is 6.11. The lowest BCUT2D eigenvalue weighted by Gasteiger charge is -2.08. The lowest BCUT2D eigenvalue weighted by molar-refractivity contribution is 0.0696. The van der Waals surface area contributed by atoms with Crippen molar-refractivity contribution in [2.75, 3.05) is 6.54 Å². The minimum Gasteiger partial charge on any atom is -0.478 e. The van der Waals surface area contributed by atoms with Gasteiger partial charge in [0.15, 0.2) is 11.6 Å². The lowest BCUT2D eigenvalue weighted by atomic mass is 10.2. The SMILES string of the molecule is O=C(O)c1cc(F)c(F)c(S(=O)(=O)NCC2CC2)c1. The van der Waals surface area contributed by atoms with E-state index in [2.05, 4.69) is 4.72 Å². The molecule has 0 atom stereocenters. The molecular weight excluding hydrogens is 280 g/mol. The van der Waals surface area contributed by atoms with Gasteiger partial charge < -0.3 is 5.11 Å². The van der Waals surface area contributed by atoms with Gasteiger partial charge in [0.05, 0.1) is 5.56 Å². The third-order valence-corrected chi connectivity index (χ3v) is 4.21. The van der Waals surface area contributed by atoms with Gasteiger partial charge in [-0.3, -0.25) is 0 Å². The van der Waals surface area contributed by atoms with Crippen molar-refractivity contribution in [2.24, 2.45) is 5.92 Å². The Morgan fingerprint density at radius 1 is 1.37 bits per heavy atom. The molecule has 1 aliphatic carbocycles. The summed E-state index contributed by atoms with van der Waals surface area (Å²) in [4.78, 5) is 9.73. The van der Waals surface area contributed by atoms with Crippen LogP contribution in [0.4, 0.5) is 8.78 Å². The molecule has 0 radical (unpaired) electrons. The van der Waals surface area contributed by atoms with Gasteiger partial charge in [0.25, 0.3) is 0 Å². The molecule has 1 aromatic carbocycles. The van der Waals surface area contributed by atoms with Crippen LogP contribution in [0, 0.1) is 17.6 Å². The van der Waals surface area contributed by atoms with Crippen LogP contribution in [0.3, 0.4) is 0 Å². The largest absolute Gasteiger partial charge is 0.478 e. The summed E-state index contributed by atoms with van der Waals surface area (Å²) in [5, 5.41) is 8.71. The Hall–Kier alpha value is -1.54. The zero-order valence-electron chi connectivity index (χ0n) is 9.69. The molecule has 1 saturated carbocycles. The molecule has 0 heterocycles. The van der Waals surface area contributed by atoms with Gasteiger partial charge in [-0.2, -0.15) is 0 Å². The van der Waals surface area contributed by atoms with Crippen molar-refractivity contribution in [2.45, 2.75) is 17.7 Å². The average Bonchev–Trinajstić information content (AvgIpc) is 3.13. The van der Waals surface area contributed by atoms with Gasteiger partial charge in [-0.1, -0.05) is 0 Å². The Kier molecular flexibility index (Phi) is 3.55. The van der Waals surface area contributed by atoms with Crippen LogP contribution in [0.1, 0.15) is 23.2 Å². The second kappa shape index (κ2) is 4.86. The highest BCUT2D eigenvalue weighted by Crippen LogP contribution is 2.28. The monoisotopic (exact) mass is 291 g/mol. The second-order valence-electron chi connectivity index (χ2n) is 4.37.